The number of nitrogens with one attached hydrogen (secondary N) is 1. The molecule has 0 amide bonds. The fraction of sp³-hybridized carbons (Fsp3) is 0.438. The van der Waals surface area contributed by atoms with Crippen molar-refractivity contribution >= 4 is 10.9 Å². The molecule has 1 atom stereocenters. The van der Waals surface area contributed by atoms with E-state index in [1.165, 1.54) is 5.39 Å². The van der Waals surface area contributed by atoms with Crippen molar-refractivity contribution in [3.05, 3.63) is 42.1 Å². The number of fused-ring (bicyclic) bond motifs is 1. The maximum atomic E-state index is 4.78. The van der Waals surface area contributed by atoms with E-state index >= 15 is 0 Å². The Morgan fingerprint density at radius 1 is 1.11 bits per heavy atom. The van der Waals surface area contributed by atoms with Crippen molar-refractivity contribution in [2.45, 2.75) is 33.2 Å². The van der Waals surface area contributed by atoms with Gasteiger partial charge < -0.3 is 5.32 Å². The molecule has 0 bridgehead atoms. The third-order valence-electron chi connectivity index (χ3n) is 3.13. The van der Waals surface area contributed by atoms with E-state index in [0.717, 1.165) is 24.2 Å². The van der Waals surface area contributed by atoms with Crippen LogP contribution < -0.4 is 5.32 Å². The SMILES string of the molecule is CCNC(CC(C)C)c1ccc2ccccc2n1. The zero-order valence-corrected chi connectivity index (χ0v) is 11.5. The average Bonchev–Trinajstić information content (AvgIpc) is 2.37. The number of hydrogen-bond donors (Lipinski definition) is 1. The number of rotatable bonds is 5. The third kappa shape index (κ3) is 3.08. The van der Waals surface area contributed by atoms with Crippen molar-refractivity contribution in [1.82, 2.24) is 10.3 Å². The Morgan fingerprint density at radius 3 is 2.61 bits per heavy atom. The Labute approximate surface area is 109 Å². The first-order valence-corrected chi connectivity index (χ1v) is 6.79. The molecule has 0 spiro atoms. The zero-order valence-electron chi connectivity index (χ0n) is 11.5. The molecule has 2 nitrogen and oxygen atoms in total. The molecule has 1 unspecified atom stereocenters. The van der Waals surface area contributed by atoms with Gasteiger partial charge in [0, 0.05) is 11.4 Å². The van der Waals surface area contributed by atoms with Gasteiger partial charge in [-0.2, -0.15) is 0 Å². The van der Waals surface area contributed by atoms with Crippen molar-refractivity contribution in [3.8, 4) is 0 Å². The minimum atomic E-state index is 0.361. The number of para-hydroxylation sites is 1. The quantitative estimate of drug-likeness (QED) is 0.859. The summed E-state index contributed by atoms with van der Waals surface area (Å²) < 4.78 is 0. The zero-order chi connectivity index (χ0) is 13.0. The van der Waals surface area contributed by atoms with Crippen LogP contribution in [0.15, 0.2) is 36.4 Å². The highest BCUT2D eigenvalue weighted by Gasteiger charge is 2.13. The molecule has 2 rings (SSSR count). The number of nitrogens with zero attached hydrogens (tertiary/aromatic N) is 1. The summed E-state index contributed by atoms with van der Waals surface area (Å²) in [4.78, 5) is 4.78. The van der Waals surface area contributed by atoms with E-state index in [4.69, 9.17) is 4.98 Å². The average molecular weight is 242 g/mol. The van der Waals surface area contributed by atoms with Gasteiger partial charge in [0.15, 0.2) is 0 Å². The van der Waals surface area contributed by atoms with Gasteiger partial charge in [-0.05, 0) is 31.0 Å². The highest BCUT2D eigenvalue weighted by Crippen LogP contribution is 2.22. The van der Waals surface area contributed by atoms with E-state index in [1.807, 2.05) is 6.07 Å². The Hall–Kier alpha value is -1.41. The molecule has 0 radical (unpaired) electrons. The van der Waals surface area contributed by atoms with Gasteiger partial charge >= 0.3 is 0 Å². The molecule has 18 heavy (non-hydrogen) atoms. The molecule has 0 saturated carbocycles. The summed E-state index contributed by atoms with van der Waals surface area (Å²) in [7, 11) is 0. The van der Waals surface area contributed by atoms with Crippen molar-refractivity contribution in [2.75, 3.05) is 6.54 Å². The monoisotopic (exact) mass is 242 g/mol. The molecule has 96 valence electrons. The lowest BCUT2D eigenvalue weighted by molar-refractivity contribution is 0.432. The summed E-state index contributed by atoms with van der Waals surface area (Å²) in [5.41, 5.74) is 2.24. The summed E-state index contributed by atoms with van der Waals surface area (Å²) in [6.07, 6.45) is 1.12. The molecule has 0 aliphatic heterocycles. The van der Waals surface area contributed by atoms with Gasteiger partial charge in [-0.3, -0.25) is 4.98 Å². The topological polar surface area (TPSA) is 24.9 Å². The van der Waals surface area contributed by atoms with Gasteiger partial charge in [-0.1, -0.05) is 45.0 Å². The van der Waals surface area contributed by atoms with Crippen LogP contribution in [0.3, 0.4) is 0 Å². The van der Waals surface area contributed by atoms with Gasteiger partial charge in [0.1, 0.15) is 0 Å². The standard InChI is InChI=1S/C16H22N2/c1-4-17-16(11-12(2)3)15-10-9-13-7-5-6-8-14(13)18-15/h5-10,12,16-17H,4,11H2,1-3H3. The van der Waals surface area contributed by atoms with Crippen LogP contribution in [0.5, 0.6) is 0 Å². The predicted molar refractivity (Wildman–Crippen MR) is 77.6 cm³/mol. The summed E-state index contributed by atoms with van der Waals surface area (Å²) in [5, 5.41) is 4.74. The van der Waals surface area contributed by atoms with E-state index in [-0.39, 0.29) is 0 Å². The molecule has 2 aromatic rings. The van der Waals surface area contributed by atoms with E-state index in [0.29, 0.717) is 12.0 Å². The summed E-state index contributed by atoms with van der Waals surface area (Å²) in [6, 6.07) is 13.0. The van der Waals surface area contributed by atoms with Gasteiger partial charge in [-0.15, -0.1) is 0 Å². The minimum Gasteiger partial charge on any atom is -0.309 e. The number of pyridine rings is 1. The van der Waals surface area contributed by atoms with E-state index in [1.54, 1.807) is 0 Å². The van der Waals surface area contributed by atoms with Crippen molar-refractivity contribution in [1.29, 1.82) is 0 Å². The highest BCUT2D eigenvalue weighted by atomic mass is 14.9. The molecule has 1 N–H and O–H groups in total. The van der Waals surface area contributed by atoms with Crippen LogP contribution >= 0.6 is 0 Å². The maximum absolute atomic E-state index is 4.78. The predicted octanol–water partition coefficient (Wildman–Crippen LogP) is 3.93. The first-order chi connectivity index (χ1) is 8.70. The first-order valence-electron chi connectivity index (χ1n) is 6.79. The molecule has 1 heterocycles. The molecular weight excluding hydrogens is 220 g/mol. The molecule has 0 aliphatic carbocycles. The van der Waals surface area contributed by atoms with Gasteiger partial charge in [0.25, 0.3) is 0 Å². The number of aromatic nitrogens is 1. The fourth-order valence-corrected chi connectivity index (χ4v) is 2.30. The lowest BCUT2D eigenvalue weighted by atomic mass is 10.00. The lowest BCUT2D eigenvalue weighted by Crippen LogP contribution is -2.23. The Kier molecular flexibility index (Phi) is 4.32. The van der Waals surface area contributed by atoms with Gasteiger partial charge in [0.05, 0.1) is 11.2 Å². The summed E-state index contributed by atoms with van der Waals surface area (Å²) in [6.45, 7) is 7.64. The van der Waals surface area contributed by atoms with Crippen LogP contribution in [0.25, 0.3) is 10.9 Å². The summed E-state index contributed by atoms with van der Waals surface area (Å²) in [5.74, 6) is 0.669. The van der Waals surface area contributed by atoms with Crippen molar-refractivity contribution < 1.29 is 0 Å². The Balaban J connectivity index is 2.31. The van der Waals surface area contributed by atoms with Crippen LogP contribution in [0.1, 0.15) is 38.9 Å². The van der Waals surface area contributed by atoms with E-state index in [9.17, 15) is 0 Å². The normalized spacial score (nSPS) is 13.1. The minimum absolute atomic E-state index is 0.361. The second-order valence-corrected chi connectivity index (χ2v) is 5.17. The van der Waals surface area contributed by atoms with Crippen molar-refractivity contribution in [3.63, 3.8) is 0 Å². The molecule has 1 aromatic carbocycles. The maximum Gasteiger partial charge on any atom is 0.0706 e. The van der Waals surface area contributed by atoms with E-state index < -0.39 is 0 Å². The van der Waals surface area contributed by atoms with Crippen LogP contribution in [0, 0.1) is 5.92 Å². The van der Waals surface area contributed by atoms with E-state index in [2.05, 4.69) is 56.4 Å². The number of benzene rings is 1. The van der Waals surface area contributed by atoms with Crippen LogP contribution in [0.2, 0.25) is 0 Å². The first kappa shape index (κ1) is 13.0. The third-order valence-corrected chi connectivity index (χ3v) is 3.13. The number of hydrogen-bond acceptors (Lipinski definition) is 2. The summed E-state index contributed by atoms with van der Waals surface area (Å²) >= 11 is 0. The molecule has 1 aromatic heterocycles. The fourth-order valence-electron chi connectivity index (χ4n) is 2.30. The van der Waals surface area contributed by atoms with Crippen molar-refractivity contribution in [2.24, 2.45) is 5.92 Å². The second-order valence-electron chi connectivity index (χ2n) is 5.17. The Morgan fingerprint density at radius 2 is 1.89 bits per heavy atom. The highest BCUT2D eigenvalue weighted by molar-refractivity contribution is 5.78. The largest absolute Gasteiger partial charge is 0.309 e. The van der Waals surface area contributed by atoms with Gasteiger partial charge in [-0.25, -0.2) is 0 Å². The molecular formula is C16H22N2. The van der Waals surface area contributed by atoms with Gasteiger partial charge in [0.2, 0.25) is 0 Å². The molecule has 0 fully saturated rings. The molecule has 0 saturated heterocycles. The lowest BCUT2D eigenvalue weighted by Gasteiger charge is -2.19. The molecule has 0 aliphatic rings. The van der Waals surface area contributed by atoms with Crippen LogP contribution in [0.4, 0.5) is 0 Å². The Bertz CT molecular complexity index is 505. The second kappa shape index (κ2) is 5.96. The van der Waals surface area contributed by atoms with Crippen LogP contribution in [-0.4, -0.2) is 11.5 Å². The molecule has 2 heteroatoms. The van der Waals surface area contributed by atoms with Crippen LogP contribution in [-0.2, 0) is 0 Å². The smallest absolute Gasteiger partial charge is 0.0706 e.